The Balaban J connectivity index is 3.44. The number of carbonyl (C=O) groups is 2. The summed E-state index contributed by atoms with van der Waals surface area (Å²) in [4.78, 5) is 21.4. The van der Waals surface area contributed by atoms with E-state index in [9.17, 15) is 9.59 Å². The van der Waals surface area contributed by atoms with Crippen molar-refractivity contribution in [1.29, 1.82) is 0 Å². The maximum atomic E-state index is 10.7. The van der Waals surface area contributed by atoms with Crippen molar-refractivity contribution in [2.45, 2.75) is 33.1 Å². The Hall–Kier alpha value is -0.860. The molecule has 0 N–H and O–H groups in total. The first-order valence-corrected chi connectivity index (χ1v) is 3.88. The van der Waals surface area contributed by atoms with Gasteiger partial charge in [-0.15, -0.1) is 0 Å². The van der Waals surface area contributed by atoms with Crippen molar-refractivity contribution in [3.8, 4) is 0 Å². The van der Waals surface area contributed by atoms with Crippen LogP contribution in [0.2, 0.25) is 0 Å². The predicted octanol–water partition coefficient (Wildman–Crippen LogP) is 1.31. The summed E-state index contributed by atoms with van der Waals surface area (Å²) in [7, 11) is 0. The van der Waals surface area contributed by atoms with E-state index in [-0.39, 0.29) is 12.2 Å². The minimum atomic E-state index is -0.404. The van der Waals surface area contributed by atoms with E-state index in [2.05, 4.69) is 0 Å². The second-order valence-electron chi connectivity index (χ2n) is 2.29. The molecule has 0 aliphatic heterocycles. The second kappa shape index (κ2) is 5.89. The lowest BCUT2D eigenvalue weighted by atomic mass is 10.2. The molecule has 0 aromatic heterocycles. The zero-order valence-electron chi connectivity index (χ0n) is 7.05. The van der Waals surface area contributed by atoms with Crippen LogP contribution in [0.4, 0.5) is 0 Å². The van der Waals surface area contributed by atoms with E-state index in [0.717, 1.165) is 6.42 Å². The first-order chi connectivity index (χ1) is 5.20. The highest BCUT2D eigenvalue weighted by Crippen LogP contribution is 1.92. The third kappa shape index (κ3) is 5.58. The molecule has 0 bridgehead atoms. The van der Waals surface area contributed by atoms with Crippen LogP contribution >= 0.6 is 0 Å². The van der Waals surface area contributed by atoms with Gasteiger partial charge in [0.2, 0.25) is 0 Å². The molecule has 3 heteroatoms. The van der Waals surface area contributed by atoms with Crippen LogP contribution in [-0.2, 0) is 14.3 Å². The molecule has 0 radical (unpaired) electrons. The number of ketones is 1. The van der Waals surface area contributed by atoms with Crippen molar-refractivity contribution in [1.82, 2.24) is 0 Å². The van der Waals surface area contributed by atoms with Crippen molar-refractivity contribution in [2.75, 3.05) is 6.61 Å². The molecule has 0 unspecified atom stereocenters. The molecule has 0 fully saturated rings. The molecule has 0 aromatic carbocycles. The number of carbonyl (C=O) groups excluding carboxylic acids is 2. The van der Waals surface area contributed by atoms with Crippen molar-refractivity contribution in [2.24, 2.45) is 0 Å². The minimum absolute atomic E-state index is 0.0638. The summed E-state index contributed by atoms with van der Waals surface area (Å²) < 4.78 is 4.70. The quantitative estimate of drug-likeness (QED) is 0.447. The zero-order chi connectivity index (χ0) is 8.69. The molecule has 0 aliphatic carbocycles. The highest BCUT2D eigenvalue weighted by molar-refractivity contribution is 5.95. The van der Waals surface area contributed by atoms with E-state index in [1.807, 2.05) is 6.92 Å². The largest absolute Gasteiger partial charge is 0.465 e. The summed E-state index contributed by atoms with van der Waals surface area (Å²) in [6, 6.07) is 0. The van der Waals surface area contributed by atoms with E-state index in [1.165, 1.54) is 0 Å². The predicted molar refractivity (Wildman–Crippen MR) is 41.2 cm³/mol. The SMILES string of the molecule is CCCOC(=O)CC(=O)CC. The van der Waals surface area contributed by atoms with Crippen LogP contribution in [0.25, 0.3) is 0 Å². The molecule has 64 valence electrons. The second-order valence-corrected chi connectivity index (χ2v) is 2.29. The van der Waals surface area contributed by atoms with Crippen LogP contribution in [0.5, 0.6) is 0 Å². The van der Waals surface area contributed by atoms with Gasteiger partial charge in [0, 0.05) is 6.42 Å². The first kappa shape index (κ1) is 10.1. The third-order valence-corrected chi connectivity index (χ3v) is 1.20. The summed E-state index contributed by atoms with van der Waals surface area (Å²) in [5.74, 6) is -0.468. The molecule has 0 saturated carbocycles. The van der Waals surface area contributed by atoms with Crippen LogP contribution in [0.15, 0.2) is 0 Å². The molecule has 0 rings (SSSR count). The van der Waals surface area contributed by atoms with Gasteiger partial charge in [0.25, 0.3) is 0 Å². The molecule has 0 aliphatic rings. The van der Waals surface area contributed by atoms with E-state index in [0.29, 0.717) is 13.0 Å². The molecule has 0 amide bonds. The molecule has 0 heterocycles. The Morgan fingerprint density at radius 1 is 1.27 bits per heavy atom. The Labute approximate surface area is 66.7 Å². The lowest BCUT2D eigenvalue weighted by Crippen LogP contribution is -2.10. The van der Waals surface area contributed by atoms with Crippen molar-refractivity contribution in [3.63, 3.8) is 0 Å². The molecular formula is C8H14O3. The van der Waals surface area contributed by atoms with Gasteiger partial charge in [-0.05, 0) is 6.42 Å². The topological polar surface area (TPSA) is 43.4 Å². The van der Waals surface area contributed by atoms with E-state index in [4.69, 9.17) is 4.74 Å². The first-order valence-electron chi connectivity index (χ1n) is 3.88. The molecular weight excluding hydrogens is 144 g/mol. The monoisotopic (exact) mass is 158 g/mol. The summed E-state index contributed by atoms with van der Waals surface area (Å²) in [6.45, 7) is 4.06. The van der Waals surface area contributed by atoms with Gasteiger partial charge < -0.3 is 4.74 Å². The summed E-state index contributed by atoms with van der Waals surface area (Å²) in [5, 5.41) is 0. The third-order valence-electron chi connectivity index (χ3n) is 1.20. The van der Waals surface area contributed by atoms with Gasteiger partial charge in [0.05, 0.1) is 6.61 Å². The van der Waals surface area contributed by atoms with Crippen LogP contribution in [0.3, 0.4) is 0 Å². The number of esters is 1. The fraction of sp³-hybridized carbons (Fsp3) is 0.750. The summed E-state index contributed by atoms with van der Waals surface area (Å²) in [6.07, 6.45) is 1.13. The van der Waals surface area contributed by atoms with Crippen LogP contribution in [-0.4, -0.2) is 18.4 Å². The molecule has 0 saturated heterocycles. The highest BCUT2D eigenvalue weighted by Gasteiger charge is 2.07. The van der Waals surface area contributed by atoms with Gasteiger partial charge in [-0.3, -0.25) is 9.59 Å². The van der Waals surface area contributed by atoms with Crippen molar-refractivity contribution in [3.05, 3.63) is 0 Å². The van der Waals surface area contributed by atoms with Crippen LogP contribution in [0.1, 0.15) is 33.1 Å². The normalized spacial score (nSPS) is 9.27. The Morgan fingerprint density at radius 2 is 1.91 bits per heavy atom. The van der Waals surface area contributed by atoms with E-state index in [1.54, 1.807) is 6.92 Å². The average Bonchev–Trinajstić information content (AvgIpc) is 2.00. The Morgan fingerprint density at radius 3 is 2.36 bits per heavy atom. The standard InChI is InChI=1S/C8H14O3/c1-3-5-11-8(10)6-7(9)4-2/h3-6H2,1-2H3. The van der Waals surface area contributed by atoms with E-state index < -0.39 is 5.97 Å². The number of rotatable bonds is 5. The lowest BCUT2D eigenvalue weighted by Gasteiger charge is -2.00. The summed E-state index contributed by atoms with van der Waals surface area (Å²) in [5.41, 5.74) is 0. The summed E-state index contributed by atoms with van der Waals surface area (Å²) >= 11 is 0. The number of hydrogen-bond acceptors (Lipinski definition) is 3. The molecule has 11 heavy (non-hydrogen) atoms. The van der Waals surface area contributed by atoms with E-state index >= 15 is 0 Å². The number of hydrogen-bond donors (Lipinski definition) is 0. The lowest BCUT2D eigenvalue weighted by molar-refractivity contribution is -0.146. The highest BCUT2D eigenvalue weighted by atomic mass is 16.5. The van der Waals surface area contributed by atoms with Gasteiger partial charge in [-0.1, -0.05) is 13.8 Å². The Bertz CT molecular complexity index is 140. The van der Waals surface area contributed by atoms with Gasteiger partial charge in [-0.2, -0.15) is 0 Å². The van der Waals surface area contributed by atoms with Crippen LogP contribution in [0, 0.1) is 0 Å². The maximum Gasteiger partial charge on any atom is 0.313 e. The van der Waals surface area contributed by atoms with Gasteiger partial charge in [0.15, 0.2) is 0 Å². The fourth-order valence-electron chi connectivity index (χ4n) is 0.553. The van der Waals surface area contributed by atoms with Gasteiger partial charge >= 0.3 is 5.97 Å². The zero-order valence-corrected chi connectivity index (χ0v) is 7.05. The van der Waals surface area contributed by atoms with Crippen LogP contribution < -0.4 is 0 Å². The Kier molecular flexibility index (Phi) is 5.43. The average molecular weight is 158 g/mol. The minimum Gasteiger partial charge on any atom is -0.465 e. The van der Waals surface area contributed by atoms with Crippen molar-refractivity contribution >= 4 is 11.8 Å². The smallest absolute Gasteiger partial charge is 0.313 e. The molecule has 3 nitrogen and oxygen atoms in total. The van der Waals surface area contributed by atoms with Crippen molar-refractivity contribution < 1.29 is 14.3 Å². The fourth-order valence-corrected chi connectivity index (χ4v) is 0.553. The number of Topliss-reactive ketones (excluding diaryl/α,β-unsaturated/α-hetero) is 1. The maximum absolute atomic E-state index is 10.7. The van der Waals surface area contributed by atoms with Gasteiger partial charge in [0.1, 0.15) is 12.2 Å². The molecule has 0 spiro atoms. The van der Waals surface area contributed by atoms with Gasteiger partial charge in [-0.25, -0.2) is 0 Å². The molecule has 0 aromatic rings. The molecule has 0 atom stereocenters. The number of ether oxygens (including phenoxy) is 1.